The highest BCUT2D eigenvalue weighted by atomic mass is 19.1. The van der Waals surface area contributed by atoms with Crippen molar-refractivity contribution in [3.8, 4) is 5.75 Å². The number of ether oxygens (including phenoxy) is 1. The van der Waals surface area contributed by atoms with Crippen molar-refractivity contribution in [3.63, 3.8) is 0 Å². The molecule has 1 N–H and O–H groups in total. The number of halogens is 1. The molecule has 3 nitrogen and oxygen atoms in total. The number of aryl methyl sites for hydroxylation is 1. The van der Waals surface area contributed by atoms with E-state index >= 15 is 0 Å². The Balaban J connectivity index is 2.38. The summed E-state index contributed by atoms with van der Waals surface area (Å²) in [5.74, 6) is 0.543. The Morgan fingerprint density at radius 2 is 2.09 bits per heavy atom. The van der Waals surface area contributed by atoms with E-state index in [0.717, 1.165) is 30.7 Å². The van der Waals surface area contributed by atoms with E-state index in [4.69, 9.17) is 4.74 Å². The fourth-order valence-corrected chi connectivity index (χ4v) is 2.84. The molecular formula is C18H26FNO2. The Morgan fingerprint density at radius 3 is 2.68 bits per heavy atom. The second-order valence-electron chi connectivity index (χ2n) is 6.92. The molecule has 1 heterocycles. The number of hydrogen-bond acceptors (Lipinski definition) is 3. The standard InChI is InChI=1S/C18H26FNO2/c1-11-7-6-8-20-16(11)14-9-12(2)17(13(3)15(14)19)22-10-18(4,5)21/h9,11,21H,6-8,10H2,1-5H3. The Morgan fingerprint density at radius 1 is 1.41 bits per heavy atom. The molecule has 122 valence electrons. The first-order chi connectivity index (χ1) is 10.2. The van der Waals surface area contributed by atoms with Crippen molar-refractivity contribution in [1.29, 1.82) is 0 Å². The lowest BCUT2D eigenvalue weighted by Crippen LogP contribution is -2.28. The van der Waals surface area contributed by atoms with E-state index < -0.39 is 5.60 Å². The van der Waals surface area contributed by atoms with Crippen LogP contribution in [0.5, 0.6) is 5.75 Å². The molecule has 1 unspecified atom stereocenters. The number of aliphatic hydroxyl groups is 1. The second kappa shape index (κ2) is 6.37. The van der Waals surface area contributed by atoms with Gasteiger partial charge in [-0.25, -0.2) is 4.39 Å². The predicted molar refractivity (Wildman–Crippen MR) is 87.5 cm³/mol. The average Bonchev–Trinajstić information content (AvgIpc) is 2.42. The average molecular weight is 307 g/mol. The summed E-state index contributed by atoms with van der Waals surface area (Å²) in [7, 11) is 0. The second-order valence-corrected chi connectivity index (χ2v) is 6.92. The smallest absolute Gasteiger partial charge is 0.138 e. The molecule has 0 saturated carbocycles. The van der Waals surface area contributed by atoms with E-state index in [9.17, 15) is 9.50 Å². The van der Waals surface area contributed by atoms with E-state index in [-0.39, 0.29) is 18.3 Å². The van der Waals surface area contributed by atoms with E-state index in [1.165, 1.54) is 0 Å². The lowest BCUT2D eigenvalue weighted by molar-refractivity contribution is 0.0279. The summed E-state index contributed by atoms with van der Waals surface area (Å²) >= 11 is 0. The van der Waals surface area contributed by atoms with Gasteiger partial charge in [-0.05, 0) is 58.1 Å². The van der Waals surface area contributed by atoms with Crippen molar-refractivity contribution in [3.05, 3.63) is 28.6 Å². The van der Waals surface area contributed by atoms with Crippen LogP contribution in [0.4, 0.5) is 4.39 Å². The van der Waals surface area contributed by atoms with Crippen molar-refractivity contribution < 1.29 is 14.2 Å². The molecule has 1 aliphatic heterocycles. The molecular weight excluding hydrogens is 281 g/mol. The summed E-state index contributed by atoms with van der Waals surface area (Å²) in [4.78, 5) is 4.53. The van der Waals surface area contributed by atoms with Crippen LogP contribution in [-0.2, 0) is 0 Å². The van der Waals surface area contributed by atoms with Gasteiger partial charge in [-0.15, -0.1) is 0 Å². The van der Waals surface area contributed by atoms with Gasteiger partial charge < -0.3 is 9.84 Å². The van der Waals surface area contributed by atoms with Gasteiger partial charge in [0.2, 0.25) is 0 Å². The number of aliphatic imine (C=N–C) groups is 1. The van der Waals surface area contributed by atoms with Gasteiger partial charge in [0.1, 0.15) is 18.2 Å². The summed E-state index contributed by atoms with van der Waals surface area (Å²) in [6, 6.07) is 1.82. The molecule has 0 spiro atoms. The molecule has 0 saturated heterocycles. The van der Waals surface area contributed by atoms with Gasteiger partial charge in [0.15, 0.2) is 0 Å². The van der Waals surface area contributed by atoms with Crippen molar-refractivity contribution >= 4 is 5.71 Å². The molecule has 4 heteroatoms. The molecule has 1 aromatic rings. The van der Waals surface area contributed by atoms with Crippen LogP contribution in [0.3, 0.4) is 0 Å². The maximum absolute atomic E-state index is 14.8. The summed E-state index contributed by atoms with van der Waals surface area (Å²) in [6.45, 7) is 9.96. The third-order valence-corrected chi connectivity index (χ3v) is 4.02. The van der Waals surface area contributed by atoms with Crippen LogP contribution in [0.2, 0.25) is 0 Å². The van der Waals surface area contributed by atoms with Crippen molar-refractivity contribution in [2.45, 2.75) is 53.1 Å². The zero-order valence-electron chi connectivity index (χ0n) is 14.2. The summed E-state index contributed by atoms with van der Waals surface area (Å²) < 4.78 is 20.4. The molecule has 1 aliphatic rings. The van der Waals surface area contributed by atoms with Crippen LogP contribution in [-0.4, -0.2) is 29.6 Å². The third-order valence-electron chi connectivity index (χ3n) is 4.02. The van der Waals surface area contributed by atoms with Gasteiger partial charge in [0, 0.05) is 23.4 Å². The predicted octanol–water partition coefficient (Wildman–Crippen LogP) is 3.81. The molecule has 0 aromatic heterocycles. The van der Waals surface area contributed by atoms with E-state index in [1.54, 1.807) is 20.8 Å². The van der Waals surface area contributed by atoms with Crippen LogP contribution >= 0.6 is 0 Å². The highest BCUT2D eigenvalue weighted by molar-refractivity contribution is 6.03. The van der Waals surface area contributed by atoms with Crippen LogP contribution in [0, 0.1) is 25.6 Å². The fourth-order valence-electron chi connectivity index (χ4n) is 2.84. The van der Waals surface area contributed by atoms with Crippen LogP contribution in [0.15, 0.2) is 11.1 Å². The highest BCUT2D eigenvalue weighted by Crippen LogP contribution is 2.31. The topological polar surface area (TPSA) is 41.8 Å². The van der Waals surface area contributed by atoms with E-state index in [0.29, 0.717) is 16.9 Å². The lowest BCUT2D eigenvalue weighted by atomic mass is 9.89. The van der Waals surface area contributed by atoms with Crippen LogP contribution < -0.4 is 4.74 Å². The zero-order chi connectivity index (χ0) is 16.5. The largest absolute Gasteiger partial charge is 0.490 e. The lowest BCUT2D eigenvalue weighted by Gasteiger charge is -2.24. The van der Waals surface area contributed by atoms with Gasteiger partial charge in [0.05, 0.1) is 5.60 Å². The van der Waals surface area contributed by atoms with Gasteiger partial charge >= 0.3 is 0 Å². The monoisotopic (exact) mass is 307 g/mol. The maximum atomic E-state index is 14.8. The van der Waals surface area contributed by atoms with Crippen molar-refractivity contribution in [2.75, 3.05) is 13.2 Å². The minimum Gasteiger partial charge on any atom is -0.490 e. The molecule has 22 heavy (non-hydrogen) atoms. The first-order valence-corrected chi connectivity index (χ1v) is 7.90. The number of hydrogen-bond donors (Lipinski definition) is 1. The molecule has 0 amide bonds. The summed E-state index contributed by atoms with van der Waals surface area (Å²) in [5, 5.41) is 9.79. The van der Waals surface area contributed by atoms with Crippen LogP contribution in [0.25, 0.3) is 0 Å². The van der Waals surface area contributed by atoms with Crippen LogP contribution in [0.1, 0.15) is 50.3 Å². The Bertz CT molecular complexity index is 588. The first-order valence-electron chi connectivity index (χ1n) is 7.90. The van der Waals surface area contributed by atoms with Gasteiger partial charge in [0.25, 0.3) is 0 Å². The van der Waals surface area contributed by atoms with Crippen molar-refractivity contribution in [2.24, 2.45) is 10.9 Å². The van der Waals surface area contributed by atoms with Gasteiger partial charge in [-0.1, -0.05) is 6.92 Å². The molecule has 1 aromatic carbocycles. The zero-order valence-corrected chi connectivity index (χ0v) is 14.2. The minimum absolute atomic E-state index is 0.130. The van der Waals surface area contributed by atoms with E-state index in [2.05, 4.69) is 11.9 Å². The van der Waals surface area contributed by atoms with Crippen molar-refractivity contribution in [1.82, 2.24) is 0 Å². The quantitative estimate of drug-likeness (QED) is 0.919. The van der Waals surface area contributed by atoms with E-state index in [1.807, 2.05) is 13.0 Å². The van der Waals surface area contributed by atoms with Gasteiger partial charge in [-0.2, -0.15) is 0 Å². The first kappa shape index (κ1) is 16.9. The maximum Gasteiger partial charge on any atom is 0.138 e. The number of rotatable bonds is 4. The summed E-state index contributed by atoms with van der Waals surface area (Å²) in [5.41, 5.74) is 1.87. The molecule has 0 aliphatic carbocycles. The highest BCUT2D eigenvalue weighted by Gasteiger charge is 2.24. The SMILES string of the molecule is Cc1cc(C2=NCCCC2C)c(F)c(C)c1OCC(C)(C)O. The minimum atomic E-state index is -0.948. The Kier molecular flexibility index (Phi) is 4.90. The Hall–Kier alpha value is -1.42. The number of benzene rings is 1. The fraction of sp³-hybridized carbons (Fsp3) is 0.611. The number of nitrogens with zero attached hydrogens (tertiary/aromatic N) is 1. The normalized spacial score (nSPS) is 19.0. The summed E-state index contributed by atoms with van der Waals surface area (Å²) in [6.07, 6.45) is 2.12. The molecule has 2 rings (SSSR count). The molecule has 0 bridgehead atoms. The molecule has 0 fully saturated rings. The third kappa shape index (κ3) is 3.67. The Labute approximate surface area is 132 Å². The molecule has 0 radical (unpaired) electrons. The molecule has 1 atom stereocenters. The van der Waals surface area contributed by atoms with Gasteiger partial charge in [-0.3, -0.25) is 4.99 Å².